The Bertz CT molecular complexity index is 477. The maximum atomic E-state index is 14.0. The lowest BCUT2D eigenvalue weighted by atomic mass is 9.87. The Kier molecular flexibility index (Phi) is 5.00. The molecule has 1 rings (SSSR count). The largest absolute Gasteiger partial charge is 0.370 e. The molecule has 0 radical (unpaired) electrons. The van der Waals surface area contributed by atoms with Crippen molar-refractivity contribution in [1.29, 1.82) is 0 Å². The van der Waals surface area contributed by atoms with E-state index in [1.807, 2.05) is 6.92 Å². The maximum absolute atomic E-state index is 14.0. The number of hydrogen-bond acceptors (Lipinski definition) is 2. The highest BCUT2D eigenvalue weighted by atomic mass is 19.1. The van der Waals surface area contributed by atoms with Crippen molar-refractivity contribution in [3.63, 3.8) is 0 Å². The van der Waals surface area contributed by atoms with Gasteiger partial charge in [-0.2, -0.15) is 0 Å². The predicted octanol–water partition coefficient (Wildman–Crippen LogP) is 2.36. The van der Waals surface area contributed by atoms with E-state index in [0.717, 1.165) is 18.6 Å². The molecule has 3 nitrogen and oxygen atoms in total. The molecule has 0 aliphatic carbocycles. The minimum absolute atomic E-state index is 0.0909. The van der Waals surface area contributed by atoms with Gasteiger partial charge in [0.15, 0.2) is 0 Å². The highest BCUT2D eigenvalue weighted by Crippen LogP contribution is 2.29. The van der Waals surface area contributed by atoms with Crippen molar-refractivity contribution in [3.05, 3.63) is 34.9 Å². The zero-order chi connectivity index (χ0) is 14.6. The molecule has 3 N–H and O–H groups in total. The Balaban J connectivity index is 3.23. The maximum Gasteiger partial charge on any atom is 0.219 e. The molecule has 1 amide bonds. The van der Waals surface area contributed by atoms with Gasteiger partial charge in [0, 0.05) is 12.0 Å². The van der Waals surface area contributed by atoms with Crippen LogP contribution in [0.25, 0.3) is 0 Å². The molecule has 19 heavy (non-hydrogen) atoms. The standard InChI is InChI=1S/C14H20F2N2O/c1-4-5-18-14(3,8-13(17)19)10-7-11(15)9(2)6-12(10)16/h6-7,18H,4-5,8H2,1-3H3,(H2,17,19). The van der Waals surface area contributed by atoms with Gasteiger partial charge in [0.2, 0.25) is 5.91 Å². The third kappa shape index (κ3) is 3.73. The number of halogens is 2. The van der Waals surface area contributed by atoms with Gasteiger partial charge in [0.1, 0.15) is 11.6 Å². The first-order valence-electron chi connectivity index (χ1n) is 6.29. The zero-order valence-corrected chi connectivity index (χ0v) is 11.5. The Morgan fingerprint density at radius 3 is 2.53 bits per heavy atom. The second-order valence-corrected chi connectivity index (χ2v) is 4.98. The summed E-state index contributed by atoms with van der Waals surface area (Å²) in [5, 5.41) is 3.07. The molecule has 0 saturated carbocycles. The summed E-state index contributed by atoms with van der Waals surface area (Å²) >= 11 is 0. The molecule has 0 saturated heterocycles. The van der Waals surface area contributed by atoms with Gasteiger partial charge >= 0.3 is 0 Å². The van der Waals surface area contributed by atoms with E-state index in [0.29, 0.717) is 6.54 Å². The average Bonchev–Trinajstić information content (AvgIpc) is 2.30. The first-order chi connectivity index (χ1) is 8.80. The summed E-state index contributed by atoms with van der Waals surface area (Å²) in [5.74, 6) is -1.59. The van der Waals surface area contributed by atoms with Gasteiger partial charge < -0.3 is 11.1 Å². The average molecular weight is 270 g/mol. The van der Waals surface area contributed by atoms with E-state index < -0.39 is 23.1 Å². The van der Waals surface area contributed by atoms with Crippen molar-refractivity contribution < 1.29 is 13.6 Å². The highest BCUT2D eigenvalue weighted by Gasteiger charge is 2.31. The highest BCUT2D eigenvalue weighted by molar-refractivity contribution is 5.75. The number of carbonyl (C=O) groups is 1. The number of aryl methyl sites for hydroxylation is 1. The molecule has 0 bridgehead atoms. The van der Waals surface area contributed by atoms with Crippen molar-refractivity contribution in [2.45, 2.75) is 39.2 Å². The molecule has 1 aromatic rings. The van der Waals surface area contributed by atoms with Gasteiger partial charge in [-0.05, 0) is 44.5 Å². The van der Waals surface area contributed by atoms with Gasteiger partial charge in [-0.3, -0.25) is 4.79 Å². The number of carbonyl (C=O) groups excluding carboxylic acids is 1. The number of primary amides is 1. The number of benzene rings is 1. The molecule has 1 aromatic carbocycles. The summed E-state index contributed by atoms with van der Waals surface area (Å²) in [6.07, 6.45) is 0.719. The van der Waals surface area contributed by atoms with Crippen molar-refractivity contribution in [3.8, 4) is 0 Å². The monoisotopic (exact) mass is 270 g/mol. The van der Waals surface area contributed by atoms with Gasteiger partial charge in [-0.1, -0.05) is 6.92 Å². The first-order valence-corrected chi connectivity index (χ1v) is 6.29. The van der Waals surface area contributed by atoms with Crippen LogP contribution in [-0.2, 0) is 10.3 Å². The summed E-state index contributed by atoms with van der Waals surface area (Å²) < 4.78 is 27.7. The number of amides is 1. The fourth-order valence-corrected chi connectivity index (χ4v) is 2.07. The van der Waals surface area contributed by atoms with Gasteiger partial charge in [-0.15, -0.1) is 0 Å². The van der Waals surface area contributed by atoms with E-state index in [1.54, 1.807) is 6.92 Å². The van der Waals surface area contributed by atoms with E-state index >= 15 is 0 Å². The zero-order valence-electron chi connectivity index (χ0n) is 11.5. The van der Waals surface area contributed by atoms with Crippen molar-refractivity contribution in [2.75, 3.05) is 6.54 Å². The van der Waals surface area contributed by atoms with Crippen molar-refractivity contribution in [2.24, 2.45) is 5.73 Å². The molecule has 106 valence electrons. The first kappa shape index (κ1) is 15.6. The summed E-state index contributed by atoms with van der Waals surface area (Å²) in [6, 6.07) is 2.27. The third-order valence-corrected chi connectivity index (χ3v) is 3.14. The van der Waals surface area contributed by atoms with E-state index in [9.17, 15) is 13.6 Å². The Morgan fingerprint density at radius 1 is 1.37 bits per heavy atom. The van der Waals surface area contributed by atoms with Gasteiger partial charge in [0.25, 0.3) is 0 Å². The van der Waals surface area contributed by atoms with Crippen LogP contribution >= 0.6 is 0 Å². The lowest BCUT2D eigenvalue weighted by molar-refractivity contribution is -0.119. The molecule has 1 unspecified atom stereocenters. The van der Waals surface area contributed by atoms with Crippen molar-refractivity contribution >= 4 is 5.91 Å². The molecule has 0 aliphatic heterocycles. The smallest absolute Gasteiger partial charge is 0.219 e. The quantitative estimate of drug-likeness (QED) is 0.833. The summed E-state index contributed by atoms with van der Waals surface area (Å²) in [4.78, 5) is 11.2. The molecule has 1 atom stereocenters. The number of hydrogen-bond donors (Lipinski definition) is 2. The Labute approximate surface area is 112 Å². The van der Waals surface area contributed by atoms with E-state index in [1.165, 1.54) is 6.92 Å². The fourth-order valence-electron chi connectivity index (χ4n) is 2.07. The molecular weight excluding hydrogens is 250 g/mol. The van der Waals surface area contributed by atoms with Crippen LogP contribution in [-0.4, -0.2) is 12.5 Å². The number of nitrogens with two attached hydrogens (primary N) is 1. The van der Waals surface area contributed by atoms with Crippen LogP contribution in [0.2, 0.25) is 0 Å². The SMILES string of the molecule is CCCNC(C)(CC(N)=O)c1cc(F)c(C)cc1F. The summed E-state index contributed by atoms with van der Waals surface area (Å²) in [5.41, 5.74) is 4.57. The van der Waals surface area contributed by atoms with Crippen LogP contribution < -0.4 is 11.1 Å². The molecule has 0 spiro atoms. The lowest BCUT2D eigenvalue weighted by Gasteiger charge is -2.31. The minimum Gasteiger partial charge on any atom is -0.370 e. The van der Waals surface area contributed by atoms with Crippen LogP contribution in [0.3, 0.4) is 0 Å². The van der Waals surface area contributed by atoms with Crippen LogP contribution in [0, 0.1) is 18.6 Å². The summed E-state index contributed by atoms with van der Waals surface area (Å²) in [6.45, 7) is 5.68. The minimum atomic E-state index is -1.000. The molecule has 0 heterocycles. The second kappa shape index (κ2) is 6.10. The Morgan fingerprint density at radius 2 is 2.00 bits per heavy atom. The number of nitrogens with one attached hydrogen (secondary N) is 1. The Hall–Kier alpha value is -1.49. The lowest BCUT2D eigenvalue weighted by Crippen LogP contribution is -2.44. The second-order valence-electron chi connectivity index (χ2n) is 4.98. The molecular formula is C14H20F2N2O. The van der Waals surface area contributed by atoms with Crippen LogP contribution in [0.15, 0.2) is 12.1 Å². The molecule has 0 aliphatic rings. The van der Waals surface area contributed by atoms with E-state index in [-0.39, 0.29) is 17.5 Å². The van der Waals surface area contributed by atoms with Gasteiger partial charge in [0.05, 0.1) is 5.54 Å². The molecule has 0 fully saturated rings. The van der Waals surface area contributed by atoms with Crippen LogP contribution in [0.1, 0.15) is 37.8 Å². The topological polar surface area (TPSA) is 55.1 Å². The number of rotatable bonds is 6. The van der Waals surface area contributed by atoms with E-state index in [4.69, 9.17) is 5.73 Å². The third-order valence-electron chi connectivity index (χ3n) is 3.14. The predicted molar refractivity (Wildman–Crippen MR) is 70.6 cm³/mol. The molecule has 5 heteroatoms. The normalized spacial score (nSPS) is 14.2. The molecule has 0 aromatic heterocycles. The van der Waals surface area contributed by atoms with E-state index in [2.05, 4.69) is 5.32 Å². The van der Waals surface area contributed by atoms with Gasteiger partial charge in [-0.25, -0.2) is 8.78 Å². The van der Waals surface area contributed by atoms with Crippen molar-refractivity contribution in [1.82, 2.24) is 5.32 Å². The van der Waals surface area contributed by atoms with Crippen LogP contribution in [0.5, 0.6) is 0 Å². The van der Waals surface area contributed by atoms with Crippen LogP contribution in [0.4, 0.5) is 8.78 Å². The summed E-state index contributed by atoms with van der Waals surface area (Å²) in [7, 11) is 0. The fraction of sp³-hybridized carbons (Fsp3) is 0.500.